The summed E-state index contributed by atoms with van der Waals surface area (Å²) in [5.74, 6) is 3.70. The van der Waals surface area contributed by atoms with Crippen molar-refractivity contribution in [2.45, 2.75) is 86.5 Å². The maximum atomic E-state index is 4.74. The fraction of sp³-hybridized carbons (Fsp3) is 0.833. The highest BCUT2D eigenvalue weighted by Crippen LogP contribution is 2.68. The van der Waals surface area contributed by atoms with Crippen LogP contribution < -0.4 is 0 Å². The molecule has 3 saturated carbocycles. The highest BCUT2D eigenvalue weighted by atomic mass is 14.6. The van der Waals surface area contributed by atoms with Crippen LogP contribution in [0.25, 0.3) is 0 Å². The maximum Gasteiger partial charge on any atom is -0.00590 e. The SMILES string of the molecule is C=C1CC2=C(C)CCC(C)(CC3C4CCC4CC(C)C13C)C2(C)C. The van der Waals surface area contributed by atoms with Crippen molar-refractivity contribution in [1.82, 2.24) is 0 Å². The standard InChI is InChI=1S/C24H38/c1-15-10-11-23(6)14-21-19-9-8-18(19)12-16(2)24(21,7)17(3)13-20(15)22(23,4)5/h16,18-19,21H,3,8-14H2,1-2,4-7H3. The fourth-order valence-corrected chi connectivity index (χ4v) is 7.34. The fourth-order valence-electron chi connectivity index (χ4n) is 7.34. The van der Waals surface area contributed by atoms with Gasteiger partial charge in [-0.05, 0) is 91.8 Å². The Balaban J connectivity index is 1.85. The monoisotopic (exact) mass is 326 g/mol. The zero-order valence-electron chi connectivity index (χ0n) is 17.0. The lowest BCUT2D eigenvalue weighted by molar-refractivity contribution is -0.101. The molecule has 0 heterocycles. The molecule has 24 heavy (non-hydrogen) atoms. The van der Waals surface area contributed by atoms with Gasteiger partial charge in [0, 0.05) is 0 Å². The molecule has 0 saturated heterocycles. The average molecular weight is 327 g/mol. The molecule has 2 bridgehead atoms. The summed E-state index contributed by atoms with van der Waals surface area (Å²) in [4.78, 5) is 0. The van der Waals surface area contributed by atoms with Gasteiger partial charge in [0.25, 0.3) is 0 Å². The third-order valence-corrected chi connectivity index (χ3v) is 10.1. The number of allylic oxidation sites excluding steroid dienone is 3. The number of rotatable bonds is 0. The minimum atomic E-state index is 0.333. The third-order valence-electron chi connectivity index (χ3n) is 10.1. The molecule has 0 nitrogen and oxygen atoms in total. The van der Waals surface area contributed by atoms with E-state index in [0.29, 0.717) is 16.2 Å². The predicted molar refractivity (Wildman–Crippen MR) is 104 cm³/mol. The van der Waals surface area contributed by atoms with Gasteiger partial charge in [-0.1, -0.05) is 57.9 Å². The molecule has 0 amide bonds. The van der Waals surface area contributed by atoms with Crippen LogP contribution >= 0.6 is 0 Å². The van der Waals surface area contributed by atoms with Crippen LogP contribution in [-0.2, 0) is 0 Å². The Morgan fingerprint density at radius 1 is 1.08 bits per heavy atom. The Morgan fingerprint density at radius 3 is 2.42 bits per heavy atom. The van der Waals surface area contributed by atoms with E-state index in [1.165, 1.54) is 44.9 Å². The maximum absolute atomic E-state index is 4.74. The Hall–Kier alpha value is -0.520. The molecule has 0 aromatic heterocycles. The van der Waals surface area contributed by atoms with Gasteiger partial charge in [-0.15, -0.1) is 0 Å². The summed E-state index contributed by atoms with van der Waals surface area (Å²) < 4.78 is 0. The molecule has 0 spiro atoms. The second-order valence-corrected chi connectivity index (χ2v) is 11.0. The second kappa shape index (κ2) is 5.01. The van der Waals surface area contributed by atoms with Gasteiger partial charge in [-0.2, -0.15) is 0 Å². The van der Waals surface area contributed by atoms with Crippen molar-refractivity contribution in [2.24, 2.45) is 39.9 Å². The molecular weight excluding hydrogens is 288 g/mol. The Morgan fingerprint density at radius 2 is 1.79 bits per heavy atom. The van der Waals surface area contributed by atoms with E-state index in [-0.39, 0.29) is 0 Å². The summed E-state index contributed by atoms with van der Waals surface area (Å²) in [7, 11) is 0. The van der Waals surface area contributed by atoms with Gasteiger partial charge in [0.05, 0.1) is 0 Å². The zero-order chi connectivity index (χ0) is 17.5. The van der Waals surface area contributed by atoms with Crippen LogP contribution in [0.5, 0.6) is 0 Å². The molecule has 3 fully saturated rings. The summed E-state index contributed by atoms with van der Waals surface area (Å²) >= 11 is 0. The van der Waals surface area contributed by atoms with Gasteiger partial charge in [-0.25, -0.2) is 0 Å². The van der Waals surface area contributed by atoms with Crippen LogP contribution in [0.1, 0.15) is 86.5 Å². The van der Waals surface area contributed by atoms with Gasteiger partial charge in [-0.3, -0.25) is 0 Å². The molecule has 6 atom stereocenters. The van der Waals surface area contributed by atoms with Gasteiger partial charge in [0.15, 0.2) is 0 Å². The molecule has 0 aromatic carbocycles. The Labute approximate surface area is 150 Å². The molecule has 6 unspecified atom stereocenters. The van der Waals surface area contributed by atoms with Crippen molar-refractivity contribution in [1.29, 1.82) is 0 Å². The van der Waals surface area contributed by atoms with E-state index in [1.54, 1.807) is 16.7 Å². The predicted octanol–water partition coefficient (Wildman–Crippen LogP) is 7.17. The first-order valence-corrected chi connectivity index (χ1v) is 10.5. The number of fused-ring (bicyclic) bond motifs is 5. The highest BCUT2D eigenvalue weighted by Gasteiger charge is 2.59. The van der Waals surface area contributed by atoms with Crippen molar-refractivity contribution in [3.63, 3.8) is 0 Å². The topological polar surface area (TPSA) is 0 Å². The second-order valence-electron chi connectivity index (χ2n) is 11.0. The van der Waals surface area contributed by atoms with Gasteiger partial charge in [0.2, 0.25) is 0 Å². The quantitative estimate of drug-likeness (QED) is 0.414. The molecule has 0 N–H and O–H groups in total. The number of hydrogen-bond acceptors (Lipinski definition) is 0. The first-order valence-electron chi connectivity index (χ1n) is 10.5. The zero-order valence-corrected chi connectivity index (χ0v) is 17.0. The minimum absolute atomic E-state index is 0.333. The van der Waals surface area contributed by atoms with E-state index < -0.39 is 0 Å². The van der Waals surface area contributed by atoms with Gasteiger partial charge < -0.3 is 0 Å². The van der Waals surface area contributed by atoms with E-state index in [9.17, 15) is 0 Å². The number of hydrogen-bond donors (Lipinski definition) is 0. The van der Waals surface area contributed by atoms with E-state index in [1.807, 2.05) is 0 Å². The van der Waals surface area contributed by atoms with E-state index in [4.69, 9.17) is 6.58 Å². The summed E-state index contributed by atoms with van der Waals surface area (Å²) in [5, 5.41) is 0. The summed E-state index contributed by atoms with van der Waals surface area (Å²) in [5.41, 5.74) is 6.14. The van der Waals surface area contributed by atoms with E-state index in [2.05, 4.69) is 41.5 Å². The van der Waals surface area contributed by atoms with Crippen LogP contribution in [0.15, 0.2) is 23.3 Å². The molecule has 134 valence electrons. The van der Waals surface area contributed by atoms with E-state index in [0.717, 1.165) is 23.7 Å². The van der Waals surface area contributed by atoms with Crippen molar-refractivity contribution in [2.75, 3.05) is 0 Å². The van der Waals surface area contributed by atoms with Gasteiger partial charge in [0.1, 0.15) is 0 Å². The lowest BCUT2D eigenvalue weighted by Crippen LogP contribution is -2.56. The van der Waals surface area contributed by atoms with Gasteiger partial charge >= 0.3 is 0 Å². The third kappa shape index (κ3) is 1.92. The summed E-state index contributed by atoms with van der Waals surface area (Å²) in [6, 6.07) is 0. The summed E-state index contributed by atoms with van der Waals surface area (Å²) in [6.07, 6.45) is 9.74. The lowest BCUT2D eigenvalue weighted by atomic mass is 9.40. The minimum Gasteiger partial charge on any atom is -0.0990 e. The highest BCUT2D eigenvalue weighted by molar-refractivity contribution is 5.35. The molecule has 4 aliphatic rings. The van der Waals surface area contributed by atoms with Crippen molar-refractivity contribution < 1.29 is 0 Å². The van der Waals surface area contributed by atoms with Crippen molar-refractivity contribution in [3.8, 4) is 0 Å². The molecule has 4 rings (SSSR count). The first kappa shape index (κ1) is 16.9. The van der Waals surface area contributed by atoms with Crippen LogP contribution in [0.2, 0.25) is 0 Å². The van der Waals surface area contributed by atoms with Crippen LogP contribution in [0.4, 0.5) is 0 Å². The Kier molecular flexibility index (Phi) is 3.54. The molecular formula is C24H38. The average Bonchev–Trinajstić information content (AvgIpc) is 2.48. The largest absolute Gasteiger partial charge is 0.0990 e. The van der Waals surface area contributed by atoms with Crippen LogP contribution in [-0.4, -0.2) is 0 Å². The van der Waals surface area contributed by atoms with Crippen molar-refractivity contribution in [3.05, 3.63) is 23.3 Å². The van der Waals surface area contributed by atoms with E-state index >= 15 is 0 Å². The molecule has 0 radical (unpaired) electrons. The van der Waals surface area contributed by atoms with Crippen LogP contribution in [0, 0.1) is 39.9 Å². The first-order chi connectivity index (χ1) is 11.1. The molecule has 0 aliphatic heterocycles. The smallest absolute Gasteiger partial charge is 0.00590 e. The van der Waals surface area contributed by atoms with Crippen molar-refractivity contribution >= 4 is 0 Å². The summed E-state index contributed by atoms with van der Waals surface area (Å²) in [6.45, 7) is 20.0. The lowest BCUT2D eigenvalue weighted by Gasteiger charge is -2.64. The normalized spacial score (nSPS) is 50.3. The molecule has 4 aliphatic carbocycles. The Bertz CT molecular complexity index is 606. The molecule has 0 aromatic rings. The van der Waals surface area contributed by atoms with Crippen LogP contribution in [0.3, 0.4) is 0 Å². The molecule has 0 heteroatoms.